The van der Waals surface area contributed by atoms with Gasteiger partial charge in [0, 0.05) is 33.1 Å². The number of fused-ring (bicyclic) bond motifs is 1. The summed E-state index contributed by atoms with van der Waals surface area (Å²) in [6, 6.07) is 0. The number of carbonyl (C=O) groups is 2. The average molecular weight is 236 g/mol. The molecule has 2 rings (SSSR count). The van der Waals surface area contributed by atoms with Gasteiger partial charge in [-0.1, -0.05) is 0 Å². The van der Waals surface area contributed by atoms with E-state index in [1.54, 1.807) is 25.9 Å². The number of hydrogen-bond donors (Lipinski definition) is 1. The molecule has 0 aromatic carbocycles. The second-order valence-corrected chi connectivity index (χ2v) is 4.42. The Morgan fingerprint density at radius 2 is 2.12 bits per heavy atom. The Bertz CT molecular complexity index is 464. The first kappa shape index (κ1) is 11.6. The van der Waals surface area contributed by atoms with Crippen molar-refractivity contribution in [2.24, 2.45) is 0 Å². The van der Waals surface area contributed by atoms with Gasteiger partial charge in [-0.2, -0.15) is 5.10 Å². The lowest BCUT2D eigenvalue weighted by atomic mass is 10.0. The van der Waals surface area contributed by atoms with Crippen LogP contribution in [0.2, 0.25) is 0 Å². The minimum Gasteiger partial charge on any atom is -0.343 e. The maximum atomic E-state index is 11.9. The highest BCUT2D eigenvalue weighted by atomic mass is 16.2. The molecular weight excluding hydrogens is 220 g/mol. The topological polar surface area (TPSA) is 69.3 Å². The minimum absolute atomic E-state index is 0.0470. The summed E-state index contributed by atoms with van der Waals surface area (Å²) >= 11 is 0. The van der Waals surface area contributed by atoms with Crippen LogP contribution in [0.1, 0.15) is 28.7 Å². The summed E-state index contributed by atoms with van der Waals surface area (Å²) in [6.07, 6.45) is 0.681. The van der Waals surface area contributed by atoms with Crippen molar-refractivity contribution in [3.63, 3.8) is 0 Å². The van der Waals surface area contributed by atoms with Crippen LogP contribution in [0.4, 0.5) is 0 Å². The molecule has 17 heavy (non-hydrogen) atoms. The summed E-state index contributed by atoms with van der Waals surface area (Å²) in [4.78, 5) is 26.4. The summed E-state index contributed by atoms with van der Waals surface area (Å²) in [5, 5.41) is 6.91. The molecule has 1 N–H and O–H groups in total. The van der Waals surface area contributed by atoms with Gasteiger partial charge >= 0.3 is 0 Å². The Kier molecular flexibility index (Phi) is 2.87. The van der Waals surface area contributed by atoms with E-state index in [0.717, 1.165) is 11.3 Å². The zero-order chi connectivity index (χ0) is 12.6. The van der Waals surface area contributed by atoms with Crippen LogP contribution < -0.4 is 0 Å². The van der Waals surface area contributed by atoms with Gasteiger partial charge < -0.3 is 9.80 Å². The number of rotatable bonds is 1. The fourth-order valence-corrected chi connectivity index (χ4v) is 1.98. The molecule has 0 spiro atoms. The van der Waals surface area contributed by atoms with Gasteiger partial charge in [0.15, 0.2) is 5.69 Å². The largest absolute Gasteiger partial charge is 0.343 e. The van der Waals surface area contributed by atoms with Gasteiger partial charge in [-0.25, -0.2) is 0 Å². The zero-order valence-corrected chi connectivity index (χ0v) is 10.3. The standard InChI is InChI=1S/C11H16N4O2/c1-7(16)15-5-4-8-9(6-15)12-13-10(8)11(17)14(2)3/h4-6H2,1-3H3,(H,12,13). The number of carbonyl (C=O) groups excluding carboxylic acids is 2. The normalized spacial score (nSPS) is 14.4. The van der Waals surface area contributed by atoms with Crippen molar-refractivity contribution in [1.82, 2.24) is 20.0 Å². The van der Waals surface area contributed by atoms with E-state index in [0.29, 0.717) is 25.2 Å². The third-order valence-corrected chi connectivity index (χ3v) is 2.99. The maximum absolute atomic E-state index is 11.9. The smallest absolute Gasteiger partial charge is 0.274 e. The quantitative estimate of drug-likeness (QED) is 0.747. The lowest BCUT2D eigenvalue weighted by Gasteiger charge is -2.25. The Balaban J connectivity index is 2.27. The minimum atomic E-state index is -0.0984. The predicted molar refractivity (Wildman–Crippen MR) is 61.4 cm³/mol. The van der Waals surface area contributed by atoms with Crippen LogP contribution in [-0.2, 0) is 17.8 Å². The number of hydrogen-bond acceptors (Lipinski definition) is 3. The molecule has 1 aromatic rings. The summed E-state index contributed by atoms with van der Waals surface area (Å²) in [7, 11) is 3.40. The van der Waals surface area contributed by atoms with Gasteiger partial charge in [0.2, 0.25) is 5.91 Å². The van der Waals surface area contributed by atoms with Gasteiger partial charge in [0.1, 0.15) is 0 Å². The Hall–Kier alpha value is -1.85. The molecule has 0 saturated carbocycles. The summed E-state index contributed by atoms with van der Waals surface area (Å²) in [6.45, 7) is 2.71. The molecule has 1 aliphatic heterocycles. The second kappa shape index (κ2) is 4.20. The molecule has 1 aliphatic rings. The Labute approximate surface area is 99.6 Å². The first-order valence-electron chi connectivity index (χ1n) is 5.54. The third kappa shape index (κ3) is 2.02. The van der Waals surface area contributed by atoms with Crippen molar-refractivity contribution >= 4 is 11.8 Å². The zero-order valence-electron chi connectivity index (χ0n) is 10.3. The summed E-state index contributed by atoms with van der Waals surface area (Å²) in [5.74, 6) is -0.0514. The number of H-pyrrole nitrogens is 1. The van der Waals surface area contributed by atoms with Gasteiger partial charge in [0.05, 0.1) is 12.2 Å². The van der Waals surface area contributed by atoms with Crippen molar-refractivity contribution in [2.75, 3.05) is 20.6 Å². The van der Waals surface area contributed by atoms with Gasteiger partial charge in [-0.15, -0.1) is 0 Å². The van der Waals surface area contributed by atoms with Crippen molar-refractivity contribution < 1.29 is 9.59 Å². The molecule has 6 heteroatoms. The van der Waals surface area contributed by atoms with Gasteiger partial charge in [-0.05, 0) is 6.42 Å². The first-order chi connectivity index (χ1) is 8.00. The number of nitrogens with one attached hydrogen (secondary N) is 1. The van der Waals surface area contributed by atoms with Crippen LogP contribution in [0, 0.1) is 0 Å². The predicted octanol–water partition coefficient (Wildman–Crippen LogP) is 0.0161. The van der Waals surface area contributed by atoms with E-state index in [-0.39, 0.29) is 11.8 Å². The SMILES string of the molecule is CC(=O)N1CCc2c(C(=O)N(C)C)n[nH]c2C1. The number of nitrogens with zero attached hydrogens (tertiary/aromatic N) is 3. The van der Waals surface area contributed by atoms with Crippen molar-refractivity contribution in [1.29, 1.82) is 0 Å². The molecule has 92 valence electrons. The van der Waals surface area contributed by atoms with E-state index in [9.17, 15) is 9.59 Å². The lowest BCUT2D eigenvalue weighted by molar-refractivity contribution is -0.129. The summed E-state index contributed by atoms with van der Waals surface area (Å²) in [5.41, 5.74) is 2.30. The van der Waals surface area contributed by atoms with Crippen LogP contribution in [0.25, 0.3) is 0 Å². The van der Waals surface area contributed by atoms with E-state index >= 15 is 0 Å². The van der Waals surface area contributed by atoms with Crippen LogP contribution in [-0.4, -0.2) is 52.5 Å². The molecule has 0 unspecified atom stereocenters. The molecular formula is C11H16N4O2. The van der Waals surface area contributed by atoms with Crippen molar-refractivity contribution in [2.45, 2.75) is 19.9 Å². The van der Waals surface area contributed by atoms with Crippen LogP contribution >= 0.6 is 0 Å². The lowest BCUT2D eigenvalue weighted by Crippen LogP contribution is -2.35. The van der Waals surface area contributed by atoms with E-state index in [4.69, 9.17) is 0 Å². The third-order valence-electron chi connectivity index (χ3n) is 2.99. The molecule has 0 bridgehead atoms. The molecule has 0 fully saturated rings. The molecule has 6 nitrogen and oxygen atoms in total. The van der Waals surface area contributed by atoms with Crippen molar-refractivity contribution in [3.05, 3.63) is 17.0 Å². The highest BCUT2D eigenvalue weighted by molar-refractivity contribution is 5.93. The fourth-order valence-electron chi connectivity index (χ4n) is 1.98. The van der Waals surface area contributed by atoms with E-state index < -0.39 is 0 Å². The molecule has 1 aromatic heterocycles. The van der Waals surface area contributed by atoms with E-state index in [1.165, 1.54) is 4.90 Å². The fraction of sp³-hybridized carbons (Fsp3) is 0.545. The molecule has 2 amide bonds. The second-order valence-electron chi connectivity index (χ2n) is 4.42. The van der Waals surface area contributed by atoms with Gasteiger partial charge in [0.25, 0.3) is 5.91 Å². The Morgan fingerprint density at radius 1 is 1.41 bits per heavy atom. The van der Waals surface area contributed by atoms with Crippen LogP contribution in [0.15, 0.2) is 0 Å². The van der Waals surface area contributed by atoms with Gasteiger partial charge in [-0.3, -0.25) is 14.7 Å². The monoisotopic (exact) mass is 236 g/mol. The van der Waals surface area contributed by atoms with Crippen LogP contribution in [0.5, 0.6) is 0 Å². The van der Waals surface area contributed by atoms with E-state index in [2.05, 4.69) is 10.2 Å². The first-order valence-corrected chi connectivity index (χ1v) is 5.54. The molecule has 0 radical (unpaired) electrons. The molecule has 0 aliphatic carbocycles. The van der Waals surface area contributed by atoms with E-state index in [1.807, 2.05) is 0 Å². The highest BCUT2D eigenvalue weighted by Crippen LogP contribution is 2.20. The molecule has 2 heterocycles. The van der Waals surface area contributed by atoms with Crippen molar-refractivity contribution in [3.8, 4) is 0 Å². The number of aromatic nitrogens is 2. The highest BCUT2D eigenvalue weighted by Gasteiger charge is 2.26. The maximum Gasteiger partial charge on any atom is 0.274 e. The molecule has 0 saturated heterocycles. The average Bonchev–Trinajstić information content (AvgIpc) is 2.70. The molecule has 0 atom stereocenters. The van der Waals surface area contributed by atoms with Crippen LogP contribution in [0.3, 0.4) is 0 Å². The number of aromatic amines is 1. The Morgan fingerprint density at radius 3 is 2.71 bits per heavy atom. The summed E-state index contributed by atoms with van der Waals surface area (Å²) < 4.78 is 0. The number of amides is 2.